The molecular weight excluding hydrogens is 308 g/mol. The topological polar surface area (TPSA) is 127 Å². The fraction of sp³-hybridized carbons (Fsp3) is 0.400. The Morgan fingerprint density at radius 1 is 1.45 bits per heavy atom. The SMILES string of the molecule is NC(=O)C1COCCN1S(=O)(=O)c1ccc(C(=O)O)s1. The zero-order chi connectivity index (χ0) is 14.9. The quantitative estimate of drug-likeness (QED) is 0.757. The minimum absolute atomic E-state index is 0.00373. The number of thiophene rings is 1. The highest BCUT2D eigenvalue weighted by atomic mass is 32.2. The Hall–Kier alpha value is -1.49. The molecular formula is C10H12N2O6S2. The summed E-state index contributed by atoms with van der Waals surface area (Å²) < 4.78 is 30.7. The van der Waals surface area contributed by atoms with E-state index >= 15 is 0 Å². The Labute approximate surface area is 118 Å². The van der Waals surface area contributed by atoms with Crippen LogP contribution >= 0.6 is 11.3 Å². The molecule has 1 atom stereocenters. The number of primary amides is 1. The molecule has 0 radical (unpaired) electrons. The fourth-order valence-electron chi connectivity index (χ4n) is 1.79. The zero-order valence-electron chi connectivity index (χ0n) is 10.2. The predicted octanol–water partition coefficient (Wildman–Crippen LogP) is -0.679. The first-order valence-electron chi connectivity index (χ1n) is 5.56. The van der Waals surface area contributed by atoms with E-state index in [9.17, 15) is 18.0 Å². The molecule has 1 unspecified atom stereocenters. The second-order valence-electron chi connectivity index (χ2n) is 4.03. The minimum atomic E-state index is -3.96. The molecule has 8 nitrogen and oxygen atoms in total. The average Bonchev–Trinajstić information content (AvgIpc) is 2.89. The Bertz CT molecular complexity index is 638. The van der Waals surface area contributed by atoms with Gasteiger partial charge in [0.25, 0.3) is 10.0 Å². The minimum Gasteiger partial charge on any atom is -0.477 e. The molecule has 1 aromatic heterocycles. The first-order chi connectivity index (χ1) is 9.34. The summed E-state index contributed by atoms with van der Waals surface area (Å²) >= 11 is 0.633. The van der Waals surface area contributed by atoms with Crippen molar-refractivity contribution in [3.63, 3.8) is 0 Å². The Kier molecular flexibility index (Phi) is 4.09. The van der Waals surface area contributed by atoms with Crippen LogP contribution in [0, 0.1) is 0 Å². The number of sulfonamides is 1. The third-order valence-electron chi connectivity index (χ3n) is 2.76. The second kappa shape index (κ2) is 5.48. The van der Waals surface area contributed by atoms with Gasteiger partial charge in [-0.05, 0) is 12.1 Å². The lowest BCUT2D eigenvalue weighted by molar-refractivity contribution is -0.125. The number of carboxylic acid groups (broad SMARTS) is 1. The van der Waals surface area contributed by atoms with Crippen LogP contribution in [0.1, 0.15) is 9.67 Å². The summed E-state index contributed by atoms with van der Waals surface area (Å²) in [6.07, 6.45) is 0. The maximum Gasteiger partial charge on any atom is 0.345 e. The molecule has 20 heavy (non-hydrogen) atoms. The highest BCUT2D eigenvalue weighted by Gasteiger charge is 2.38. The van der Waals surface area contributed by atoms with Crippen molar-refractivity contribution in [2.24, 2.45) is 5.73 Å². The molecule has 0 bridgehead atoms. The molecule has 2 heterocycles. The maximum atomic E-state index is 12.4. The lowest BCUT2D eigenvalue weighted by Gasteiger charge is -2.31. The van der Waals surface area contributed by atoms with Gasteiger partial charge in [0, 0.05) is 6.54 Å². The largest absolute Gasteiger partial charge is 0.477 e. The Balaban J connectivity index is 2.36. The molecule has 1 aromatic rings. The van der Waals surface area contributed by atoms with E-state index in [2.05, 4.69) is 0 Å². The average molecular weight is 320 g/mol. The van der Waals surface area contributed by atoms with Gasteiger partial charge in [0.1, 0.15) is 15.1 Å². The van der Waals surface area contributed by atoms with Gasteiger partial charge in [-0.25, -0.2) is 13.2 Å². The van der Waals surface area contributed by atoms with E-state index in [1.807, 2.05) is 0 Å². The highest BCUT2D eigenvalue weighted by molar-refractivity contribution is 7.91. The standard InChI is InChI=1S/C10H12N2O6S2/c11-9(13)6-5-18-4-3-12(6)20(16,17)8-2-1-7(19-8)10(14)15/h1-2,6H,3-5H2,(H2,11,13)(H,14,15). The molecule has 110 valence electrons. The Morgan fingerprint density at radius 2 is 2.15 bits per heavy atom. The van der Waals surface area contributed by atoms with Gasteiger partial charge in [-0.1, -0.05) is 0 Å². The summed E-state index contributed by atoms with van der Waals surface area (Å²) in [5, 5.41) is 8.82. The summed E-state index contributed by atoms with van der Waals surface area (Å²) in [6.45, 7) is 0.0438. The van der Waals surface area contributed by atoms with Crippen LogP contribution in [0.15, 0.2) is 16.3 Å². The number of hydrogen-bond donors (Lipinski definition) is 2. The number of nitrogens with two attached hydrogens (primary N) is 1. The van der Waals surface area contributed by atoms with Gasteiger partial charge in [-0.2, -0.15) is 4.31 Å². The number of aromatic carboxylic acids is 1. The molecule has 0 saturated carbocycles. The van der Waals surface area contributed by atoms with Crippen LogP contribution < -0.4 is 5.73 Å². The third kappa shape index (κ3) is 2.68. The van der Waals surface area contributed by atoms with E-state index in [1.54, 1.807) is 0 Å². The molecule has 0 aromatic carbocycles. The van der Waals surface area contributed by atoms with Crippen LogP contribution in [0.3, 0.4) is 0 Å². The first kappa shape index (κ1) is 14.9. The van der Waals surface area contributed by atoms with E-state index in [-0.39, 0.29) is 28.8 Å². The number of rotatable bonds is 4. The fourth-order valence-corrected chi connectivity index (χ4v) is 4.63. The van der Waals surface area contributed by atoms with E-state index in [0.717, 1.165) is 4.31 Å². The monoisotopic (exact) mass is 320 g/mol. The lowest BCUT2D eigenvalue weighted by Crippen LogP contribution is -2.54. The molecule has 3 N–H and O–H groups in total. The van der Waals surface area contributed by atoms with Crippen LogP contribution in [0.4, 0.5) is 0 Å². The van der Waals surface area contributed by atoms with E-state index in [1.165, 1.54) is 12.1 Å². The van der Waals surface area contributed by atoms with Gasteiger partial charge in [0.2, 0.25) is 5.91 Å². The maximum absolute atomic E-state index is 12.4. The van der Waals surface area contributed by atoms with Crippen molar-refractivity contribution in [3.05, 3.63) is 17.0 Å². The normalized spacial score (nSPS) is 20.7. The number of amides is 1. The number of nitrogens with zero attached hydrogens (tertiary/aromatic N) is 1. The van der Waals surface area contributed by atoms with Gasteiger partial charge < -0.3 is 15.6 Å². The van der Waals surface area contributed by atoms with Crippen molar-refractivity contribution in [1.29, 1.82) is 0 Å². The summed E-state index contributed by atoms with van der Waals surface area (Å²) in [5.41, 5.74) is 5.17. The molecule has 1 aliphatic rings. The van der Waals surface area contributed by atoms with Crippen molar-refractivity contribution in [1.82, 2.24) is 4.31 Å². The van der Waals surface area contributed by atoms with Crippen LogP contribution in [0.5, 0.6) is 0 Å². The molecule has 10 heteroatoms. The number of hydrogen-bond acceptors (Lipinski definition) is 6. The predicted molar refractivity (Wildman–Crippen MR) is 69.0 cm³/mol. The number of ether oxygens (including phenoxy) is 1. The van der Waals surface area contributed by atoms with Crippen LogP contribution in [-0.4, -0.2) is 55.5 Å². The molecule has 1 saturated heterocycles. The number of morpholine rings is 1. The van der Waals surface area contributed by atoms with Gasteiger partial charge in [-0.15, -0.1) is 11.3 Å². The van der Waals surface area contributed by atoms with E-state index in [4.69, 9.17) is 15.6 Å². The van der Waals surface area contributed by atoms with Gasteiger partial charge >= 0.3 is 5.97 Å². The van der Waals surface area contributed by atoms with Gasteiger partial charge in [0.15, 0.2) is 0 Å². The molecule has 1 amide bonds. The van der Waals surface area contributed by atoms with Crippen molar-refractivity contribution >= 4 is 33.2 Å². The second-order valence-corrected chi connectivity index (χ2v) is 7.23. The van der Waals surface area contributed by atoms with Crippen molar-refractivity contribution < 1.29 is 27.9 Å². The molecule has 1 aliphatic heterocycles. The van der Waals surface area contributed by atoms with Crippen molar-refractivity contribution in [2.45, 2.75) is 10.3 Å². The van der Waals surface area contributed by atoms with Crippen LogP contribution in [0.2, 0.25) is 0 Å². The zero-order valence-corrected chi connectivity index (χ0v) is 11.8. The number of carbonyl (C=O) groups excluding carboxylic acids is 1. The van der Waals surface area contributed by atoms with Crippen LogP contribution in [0.25, 0.3) is 0 Å². The smallest absolute Gasteiger partial charge is 0.345 e. The number of carbonyl (C=O) groups is 2. The first-order valence-corrected chi connectivity index (χ1v) is 7.81. The van der Waals surface area contributed by atoms with Crippen molar-refractivity contribution in [3.8, 4) is 0 Å². The summed E-state index contributed by atoms with van der Waals surface area (Å²) in [5.74, 6) is -2.01. The third-order valence-corrected chi connectivity index (χ3v) is 6.21. The Morgan fingerprint density at radius 3 is 2.70 bits per heavy atom. The summed E-state index contributed by atoms with van der Waals surface area (Å²) in [4.78, 5) is 22.0. The van der Waals surface area contributed by atoms with Gasteiger partial charge in [-0.3, -0.25) is 4.79 Å². The molecule has 0 aliphatic carbocycles. The van der Waals surface area contributed by atoms with E-state index < -0.39 is 27.9 Å². The summed E-state index contributed by atoms with van der Waals surface area (Å²) in [7, 11) is -3.96. The van der Waals surface area contributed by atoms with Crippen molar-refractivity contribution in [2.75, 3.05) is 19.8 Å². The highest BCUT2D eigenvalue weighted by Crippen LogP contribution is 2.27. The molecule has 1 fully saturated rings. The van der Waals surface area contributed by atoms with Gasteiger partial charge in [0.05, 0.1) is 13.2 Å². The molecule has 2 rings (SSSR count). The summed E-state index contributed by atoms with van der Waals surface area (Å²) in [6, 6.07) is 1.33. The lowest BCUT2D eigenvalue weighted by atomic mass is 10.3. The number of carboxylic acids is 1. The van der Waals surface area contributed by atoms with E-state index in [0.29, 0.717) is 11.3 Å². The molecule has 0 spiro atoms. The van der Waals surface area contributed by atoms with Crippen LogP contribution in [-0.2, 0) is 19.6 Å².